The summed E-state index contributed by atoms with van der Waals surface area (Å²) in [7, 11) is -2.93. The lowest BCUT2D eigenvalue weighted by Gasteiger charge is -2.07. The van der Waals surface area contributed by atoms with Crippen LogP contribution in [0.1, 0.15) is 22.5 Å². The largest absolute Gasteiger partial charge is 0.350 e. The number of sulfone groups is 1. The minimum Gasteiger partial charge on any atom is -0.350 e. The summed E-state index contributed by atoms with van der Waals surface area (Å²) in [6.45, 7) is 2.33. The SMILES string of the molecule is Cc1ccc(-c2cc(C(=O)NCC3CCS(=O)(=O)C3)on2)cc1. The topological polar surface area (TPSA) is 89.3 Å². The van der Waals surface area contributed by atoms with E-state index < -0.39 is 9.84 Å². The zero-order valence-electron chi connectivity index (χ0n) is 12.8. The summed E-state index contributed by atoms with van der Waals surface area (Å²) >= 11 is 0. The van der Waals surface area contributed by atoms with Gasteiger partial charge in [-0.2, -0.15) is 0 Å². The number of nitrogens with zero attached hydrogens (tertiary/aromatic N) is 1. The summed E-state index contributed by atoms with van der Waals surface area (Å²) < 4.78 is 27.9. The molecular formula is C16H18N2O4S. The third-order valence-electron chi connectivity index (χ3n) is 3.96. The maximum absolute atomic E-state index is 12.1. The second kappa shape index (κ2) is 6.16. The molecular weight excluding hydrogens is 316 g/mol. The van der Waals surface area contributed by atoms with Crippen LogP contribution in [-0.2, 0) is 9.84 Å². The molecule has 1 fully saturated rings. The van der Waals surface area contributed by atoms with Crippen LogP contribution in [0.15, 0.2) is 34.9 Å². The number of amides is 1. The second-order valence-electron chi connectivity index (χ2n) is 5.92. The van der Waals surface area contributed by atoms with Crippen molar-refractivity contribution in [2.24, 2.45) is 5.92 Å². The Morgan fingerprint density at radius 1 is 1.35 bits per heavy atom. The summed E-state index contributed by atoms with van der Waals surface area (Å²) in [5, 5.41) is 6.62. The van der Waals surface area contributed by atoms with Crippen molar-refractivity contribution in [2.45, 2.75) is 13.3 Å². The molecule has 6 nitrogen and oxygen atoms in total. The van der Waals surface area contributed by atoms with Crippen molar-refractivity contribution >= 4 is 15.7 Å². The molecule has 23 heavy (non-hydrogen) atoms. The lowest BCUT2D eigenvalue weighted by molar-refractivity contribution is 0.0911. The van der Waals surface area contributed by atoms with Gasteiger partial charge in [0.05, 0.1) is 11.5 Å². The lowest BCUT2D eigenvalue weighted by Crippen LogP contribution is -2.29. The minimum atomic E-state index is -2.93. The van der Waals surface area contributed by atoms with E-state index in [1.165, 1.54) is 0 Å². The molecule has 1 atom stereocenters. The van der Waals surface area contributed by atoms with Crippen molar-refractivity contribution in [3.05, 3.63) is 41.7 Å². The van der Waals surface area contributed by atoms with Crippen LogP contribution in [0, 0.1) is 12.8 Å². The molecule has 1 aromatic heterocycles. The Labute approximate surface area is 134 Å². The highest BCUT2D eigenvalue weighted by atomic mass is 32.2. The number of hydrogen-bond donors (Lipinski definition) is 1. The second-order valence-corrected chi connectivity index (χ2v) is 8.15. The fraction of sp³-hybridized carbons (Fsp3) is 0.375. The van der Waals surface area contributed by atoms with E-state index in [1.54, 1.807) is 6.07 Å². The normalized spacial score (nSPS) is 19.6. The molecule has 122 valence electrons. The first kappa shape index (κ1) is 15.7. The summed E-state index contributed by atoms with van der Waals surface area (Å²) in [6, 6.07) is 9.34. The smallest absolute Gasteiger partial charge is 0.289 e. The summed E-state index contributed by atoms with van der Waals surface area (Å²) in [4.78, 5) is 12.1. The molecule has 0 saturated carbocycles. The molecule has 1 aliphatic rings. The zero-order chi connectivity index (χ0) is 16.4. The minimum absolute atomic E-state index is 0.0246. The quantitative estimate of drug-likeness (QED) is 0.921. The maximum Gasteiger partial charge on any atom is 0.289 e. The molecule has 0 bridgehead atoms. The molecule has 0 radical (unpaired) electrons. The van der Waals surface area contributed by atoms with E-state index in [2.05, 4.69) is 10.5 Å². The highest BCUT2D eigenvalue weighted by molar-refractivity contribution is 7.91. The van der Waals surface area contributed by atoms with Crippen molar-refractivity contribution < 1.29 is 17.7 Å². The van der Waals surface area contributed by atoms with Gasteiger partial charge in [-0.05, 0) is 19.3 Å². The molecule has 3 rings (SSSR count). The van der Waals surface area contributed by atoms with E-state index >= 15 is 0 Å². The van der Waals surface area contributed by atoms with Gasteiger partial charge in [-0.1, -0.05) is 35.0 Å². The number of aryl methyl sites for hydroxylation is 1. The van der Waals surface area contributed by atoms with Crippen LogP contribution in [0.5, 0.6) is 0 Å². The first-order chi connectivity index (χ1) is 10.9. The fourth-order valence-corrected chi connectivity index (χ4v) is 4.46. The van der Waals surface area contributed by atoms with Gasteiger partial charge in [-0.25, -0.2) is 8.42 Å². The van der Waals surface area contributed by atoms with Gasteiger partial charge in [0.1, 0.15) is 5.69 Å². The highest BCUT2D eigenvalue weighted by Crippen LogP contribution is 2.20. The fourth-order valence-electron chi connectivity index (χ4n) is 2.60. The molecule has 1 aliphatic heterocycles. The predicted octanol–water partition coefficient (Wildman–Crippen LogP) is 1.81. The maximum atomic E-state index is 12.1. The van der Waals surface area contributed by atoms with Crippen molar-refractivity contribution in [3.63, 3.8) is 0 Å². The van der Waals surface area contributed by atoms with Gasteiger partial charge in [0.2, 0.25) is 5.76 Å². The van der Waals surface area contributed by atoms with Crippen LogP contribution in [0.2, 0.25) is 0 Å². The van der Waals surface area contributed by atoms with E-state index in [4.69, 9.17) is 4.52 Å². The van der Waals surface area contributed by atoms with Gasteiger partial charge < -0.3 is 9.84 Å². The van der Waals surface area contributed by atoms with Crippen molar-refractivity contribution in [1.82, 2.24) is 10.5 Å². The first-order valence-electron chi connectivity index (χ1n) is 7.45. The van der Waals surface area contributed by atoms with Gasteiger partial charge in [0, 0.05) is 18.2 Å². The Bertz CT molecular complexity index is 809. The Kier molecular flexibility index (Phi) is 4.21. The van der Waals surface area contributed by atoms with Gasteiger partial charge >= 0.3 is 0 Å². The van der Waals surface area contributed by atoms with Crippen molar-refractivity contribution in [2.75, 3.05) is 18.1 Å². The van der Waals surface area contributed by atoms with Crippen LogP contribution in [0.4, 0.5) is 0 Å². The number of carbonyl (C=O) groups excluding carboxylic acids is 1. The summed E-state index contributed by atoms with van der Waals surface area (Å²) in [5.74, 6) is 0.0659. The molecule has 1 aromatic carbocycles. The van der Waals surface area contributed by atoms with E-state index in [-0.39, 0.29) is 29.1 Å². The number of benzene rings is 1. The number of rotatable bonds is 4. The Morgan fingerprint density at radius 3 is 2.74 bits per heavy atom. The van der Waals surface area contributed by atoms with Gasteiger partial charge in [0.15, 0.2) is 9.84 Å². The average Bonchev–Trinajstić information content (AvgIpc) is 3.12. The number of carbonyl (C=O) groups is 1. The van der Waals surface area contributed by atoms with Crippen molar-refractivity contribution in [1.29, 1.82) is 0 Å². The number of hydrogen-bond acceptors (Lipinski definition) is 5. The van der Waals surface area contributed by atoms with Crippen LogP contribution >= 0.6 is 0 Å². The van der Waals surface area contributed by atoms with Crippen LogP contribution < -0.4 is 5.32 Å². The Morgan fingerprint density at radius 2 is 2.09 bits per heavy atom. The number of nitrogens with one attached hydrogen (secondary N) is 1. The third-order valence-corrected chi connectivity index (χ3v) is 5.80. The molecule has 2 aromatic rings. The van der Waals surface area contributed by atoms with E-state index in [9.17, 15) is 13.2 Å². The Balaban J connectivity index is 1.61. The first-order valence-corrected chi connectivity index (χ1v) is 9.27. The van der Waals surface area contributed by atoms with Crippen LogP contribution in [0.25, 0.3) is 11.3 Å². The zero-order valence-corrected chi connectivity index (χ0v) is 13.6. The molecule has 1 saturated heterocycles. The highest BCUT2D eigenvalue weighted by Gasteiger charge is 2.28. The van der Waals surface area contributed by atoms with Gasteiger partial charge in [-0.15, -0.1) is 0 Å². The molecule has 0 spiro atoms. The molecule has 2 heterocycles. The monoisotopic (exact) mass is 334 g/mol. The summed E-state index contributed by atoms with van der Waals surface area (Å²) in [6.07, 6.45) is 0.591. The van der Waals surface area contributed by atoms with Gasteiger partial charge in [0.25, 0.3) is 5.91 Å². The standard InChI is InChI=1S/C16H18N2O4S/c1-11-2-4-13(5-3-11)14-8-15(22-18-14)16(19)17-9-12-6-7-23(20,21)10-12/h2-5,8,12H,6-7,9-10H2,1H3,(H,17,19). The van der Waals surface area contributed by atoms with Gasteiger partial charge in [-0.3, -0.25) is 4.79 Å². The van der Waals surface area contributed by atoms with E-state index in [0.717, 1.165) is 11.1 Å². The molecule has 0 aliphatic carbocycles. The molecule has 1 unspecified atom stereocenters. The van der Waals surface area contributed by atoms with E-state index in [0.29, 0.717) is 18.7 Å². The molecule has 1 amide bonds. The van der Waals surface area contributed by atoms with Crippen molar-refractivity contribution in [3.8, 4) is 11.3 Å². The van der Waals surface area contributed by atoms with E-state index in [1.807, 2.05) is 31.2 Å². The predicted molar refractivity (Wildman–Crippen MR) is 85.8 cm³/mol. The third kappa shape index (κ3) is 3.79. The molecule has 7 heteroatoms. The van der Waals surface area contributed by atoms with Crippen LogP contribution in [0.3, 0.4) is 0 Å². The molecule has 1 N–H and O–H groups in total. The lowest BCUT2D eigenvalue weighted by atomic mass is 10.1. The average molecular weight is 334 g/mol. The van der Waals surface area contributed by atoms with Crippen LogP contribution in [-0.4, -0.2) is 37.5 Å². The Hall–Kier alpha value is -2.15. The summed E-state index contributed by atoms with van der Waals surface area (Å²) in [5.41, 5.74) is 2.61. The number of aromatic nitrogens is 1.